The molecule has 22 heavy (non-hydrogen) atoms. The van der Waals surface area contributed by atoms with E-state index in [1.165, 1.54) is 0 Å². The van der Waals surface area contributed by atoms with Gasteiger partial charge in [-0.05, 0) is 49.9 Å². The van der Waals surface area contributed by atoms with E-state index in [-0.39, 0.29) is 24.9 Å². The van der Waals surface area contributed by atoms with Gasteiger partial charge in [-0.15, -0.1) is 0 Å². The molecule has 0 aliphatic heterocycles. The molecule has 0 fully saturated rings. The van der Waals surface area contributed by atoms with Crippen LogP contribution in [0.5, 0.6) is 5.75 Å². The summed E-state index contributed by atoms with van der Waals surface area (Å²) in [6.45, 7) is 7.81. The Hall–Kier alpha value is -1.55. The number of benzene rings is 1. The van der Waals surface area contributed by atoms with Crippen LogP contribution < -0.4 is 4.74 Å². The fraction of sp³-hybridized carbons (Fsp3) is 0.529. The highest BCUT2D eigenvalue weighted by Gasteiger charge is 2.14. The molecular weight excluding hydrogens is 304 g/mol. The zero-order chi connectivity index (χ0) is 16.7. The van der Waals surface area contributed by atoms with Gasteiger partial charge in [0.15, 0.2) is 0 Å². The van der Waals surface area contributed by atoms with Crippen molar-refractivity contribution < 1.29 is 19.1 Å². The second-order valence-electron chi connectivity index (χ2n) is 5.82. The van der Waals surface area contributed by atoms with Gasteiger partial charge in [0, 0.05) is 5.02 Å². The number of ether oxygens (including phenoxy) is 2. The van der Waals surface area contributed by atoms with Crippen molar-refractivity contribution in [3.8, 4) is 5.75 Å². The fourth-order valence-corrected chi connectivity index (χ4v) is 2.18. The van der Waals surface area contributed by atoms with Crippen LogP contribution in [0, 0.1) is 12.8 Å². The van der Waals surface area contributed by atoms with Crippen LogP contribution in [0.15, 0.2) is 18.2 Å². The van der Waals surface area contributed by atoms with E-state index in [1.807, 2.05) is 13.8 Å². The molecule has 0 spiro atoms. The van der Waals surface area contributed by atoms with Gasteiger partial charge in [-0.25, -0.2) is 0 Å². The van der Waals surface area contributed by atoms with Crippen LogP contribution in [0.25, 0.3) is 0 Å². The van der Waals surface area contributed by atoms with Crippen LogP contribution >= 0.6 is 11.6 Å². The van der Waals surface area contributed by atoms with Crippen molar-refractivity contribution in [2.75, 3.05) is 0 Å². The number of esters is 2. The Kier molecular flexibility index (Phi) is 7.39. The minimum Gasteiger partial charge on any atom is -0.463 e. The third-order valence-corrected chi connectivity index (χ3v) is 3.45. The van der Waals surface area contributed by atoms with Gasteiger partial charge in [0.1, 0.15) is 5.75 Å². The zero-order valence-corrected chi connectivity index (χ0v) is 14.3. The molecule has 0 aliphatic carbocycles. The van der Waals surface area contributed by atoms with E-state index in [9.17, 15) is 9.59 Å². The highest BCUT2D eigenvalue weighted by Crippen LogP contribution is 2.21. The molecule has 4 nitrogen and oxygen atoms in total. The maximum Gasteiger partial charge on any atom is 0.311 e. The Morgan fingerprint density at radius 2 is 1.77 bits per heavy atom. The van der Waals surface area contributed by atoms with Crippen molar-refractivity contribution >= 4 is 23.5 Å². The summed E-state index contributed by atoms with van der Waals surface area (Å²) in [5.41, 5.74) is 0.828. The second-order valence-corrected chi connectivity index (χ2v) is 6.22. The molecule has 5 heteroatoms. The van der Waals surface area contributed by atoms with Crippen LogP contribution in [0.4, 0.5) is 0 Å². The molecule has 0 amide bonds. The summed E-state index contributed by atoms with van der Waals surface area (Å²) in [5.74, 6) is 0.0434. The summed E-state index contributed by atoms with van der Waals surface area (Å²) < 4.78 is 10.4. The summed E-state index contributed by atoms with van der Waals surface area (Å²) >= 11 is 5.90. The number of aryl methyl sites for hydroxylation is 1. The average Bonchev–Trinajstić information content (AvgIpc) is 2.39. The summed E-state index contributed by atoms with van der Waals surface area (Å²) in [7, 11) is 0. The Labute approximate surface area is 136 Å². The van der Waals surface area contributed by atoms with Gasteiger partial charge in [-0.2, -0.15) is 0 Å². The first kappa shape index (κ1) is 18.5. The number of carbonyl (C=O) groups is 2. The smallest absolute Gasteiger partial charge is 0.311 e. The normalized spacial score (nSPS) is 12.1. The summed E-state index contributed by atoms with van der Waals surface area (Å²) in [4.78, 5) is 23.4. The van der Waals surface area contributed by atoms with E-state index in [2.05, 4.69) is 13.8 Å². The first-order chi connectivity index (χ1) is 10.3. The molecule has 0 bridgehead atoms. The predicted molar refractivity (Wildman–Crippen MR) is 86.1 cm³/mol. The number of hydrogen-bond acceptors (Lipinski definition) is 4. The molecule has 0 aromatic heterocycles. The van der Waals surface area contributed by atoms with Crippen LogP contribution in [0.1, 0.15) is 45.6 Å². The maximum atomic E-state index is 11.7. The van der Waals surface area contributed by atoms with Gasteiger partial charge in [-0.3, -0.25) is 9.59 Å². The lowest BCUT2D eigenvalue weighted by molar-refractivity contribution is -0.151. The standard InChI is InChI=1S/C17H23ClO4/c1-11(2)9-13(4)21-16(19)7-8-17(20)22-14-5-6-15(18)12(3)10-14/h5-6,10-11,13H,7-9H2,1-4H3. The van der Waals surface area contributed by atoms with Crippen LogP contribution in [-0.4, -0.2) is 18.0 Å². The molecule has 0 saturated heterocycles. The number of rotatable bonds is 7. The average molecular weight is 327 g/mol. The second kappa shape index (κ2) is 8.79. The number of hydrogen-bond donors (Lipinski definition) is 0. The van der Waals surface area contributed by atoms with Gasteiger partial charge in [-0.1, -0.05) is 25.4 Å². The predicted octanol–water partition coefficient (Wildman–Crippen LogP) is 4.31. The molecule has 0 N–H and O–H groups in total. The molecule has 1 aromatic rings. The minimum absolute atomic E-state index is 0.00505. The van der Waals surface area contributed by atoms with Crippen molar-refractivity contribution in [3.05, 3.63) is 28.8 Å². The molecule has 1 rings (SSSR count). The van der Waals surface area contributed by atoms with Gasteiger partial charge in [0.2, 0.25) is 0 Å². The molecular formula is C17H23ClO4. The van der Waals surface area contributed by atoms with Crippen molar-refractivity contribution in [1.82, 2.24) is 0 Å². The van der Waals surface area contributed by atoms with E-state index in [0.717, 1.165) is 12.0 Å². The molecule has 0 aliphatic rings. The summed E-state index contributed by atoms with van der Waals surface area (Å²) in [5, 5.41) is 0.613. The third-order valence-electron chi connectivity index (χ3n) is 3.03. The van der Waals surface area contributed by atoms with Crippen LogP contribution in [0.2, 0.25) is 5.02 Å². The first-order valence-electron chi connectivity index (χ1n) is 7.44. The zero-order valence-electron chi connectivity index (χ0n) is 13.5. The monoisotopic (exact) mass is 326 g/mol. The Balaban J connectivity index is 2.36. The van der Waals surface area contributed by atoms with Gasteiger partial charge in [0.05, 0.1) is 18.9 Å². The molecule has 0 radical (unpaired) electrons. The van der Waals surface area contributed by atoms with Crippen LogP contribution in [0.3, 0.4) is 0 Å². The van der Waals surface area contributed by atoms with Crippen molar-refractivity contribution in [3.63, 3.8) is 0 Å². The van der Waals surface area contributed by atoms with E-state index < -0.39 is 5.97 Å². The van der Waals surface area contributed by atoms with Gasteiger partial charge in [0.25, 0.3) is 0 Å². The minimum atomic E-state index is -0.463. The quantitative estimate of drug-likeness (QED) is 0.553. The number of carbonyl (C=O) groups excluding carboxylic acids is 2. The van der Waals surface area contributed by atoms with E-state index in [1.54, 1.807) is 18.2 Å². The third kappa shape index (κ3) is 6.94. The molecule has 122 valence electrons. The molecule has 1 unspecified atom stereocenters. The lowest BCUT2D eigenvalue weighted by Gasteiger charge is -2.15. The molecule has 0 heterocycles. The van der Waals surface area contributed by atoms with E-state index >= 15 is 0 Å². The fourth-order valence-electron chi connectivity index (χ4n) is 2.06. The first-order valence-corrected chi connectivity index (χ1v) is 7.82. The van der Waals surface area contributed by atoms with Crippen LogP contribution in [-0.2, 0) is 14.3 Å². The van der Waals surface area contributed by atoms with Gasteiger partial charge >= 0.3 is 11.9 Å². The summed E-state index contributed by atoms with van der Waals surface area (Å²) in [6.07, 6.45) is 0.686. The molecule has 1 atom stereocenters. The summed E-state index contributed by atoms with van der Waals surface area (Å²) in [6, 6.07) is 4.97. The highest BCUT2D eigenvalue weighted by molar-refractivity contribution is 6.31. The molecule has 0 saturated carbocycles. The van der Waals surface area contributed by atoms with Crippen molar-refractivity contribution in [1.29, 1.82) is 0 Å². The molecule has 1 aromatic carbocycles. The SMILES string of the molecule is Cc1cc(OC(=O)CCC(=O)OC(C)CC(C)C)ccc1Cl. The van der Waals surface area contributed by atoms with E-state index in [0.29, 0.717) is 16.7 Å². The van der Waals surface area contributed by atoms with Crippen molar-refractivity contribution in [2.24, 2.45) is 5.92 Å². The van der Waals surface area contributed by atoms with Gasteiger partial charge < -0.3 is 9.47 Å². The highest BCUT2D eigenvalue weighted by atomic mass is 35.5. The topological polar surface area (TPSA) is 52.6 Å². The Morgan fingerprint density at radius 1 is 1.14 bits per heavy atom. The van der Waals surface area contributed by atoms with E-state index in [4.69, 9.17) is 21.1 Å². The number of halogens is 1. The Morgan fingerprint density at radius 3 is 2.36 bits per heavy atom. The van der Waals surface area contributed by atoms with Crippen molar-refractivity contribution in [2.45, 2.75) is 53.1 Å². The maximum absolute atomic E-state index is 11.7. The lowest BCUT2D eigenvalue weighted by Crippen LogP contribution is -2.18. The lowest BCUT2D eigenvalue weighted by atomic mass is 10.1. The Bertz CT molecular complexity index is 525. The largest absolute Gasteiger partial charge is 0.463 e.